The molecule has 2 aliphatic rings. The molecular weight excluding hydrogens is 437 g/mol. The maximum absolute atomic E-state index is 13.3. The summed E-state index contributed by atoms with van der Waals surface area (Å²) in [5, 5.41) is 15.3. The van der Waals surface area contributed by atoms with E-state index in [4.69, 9.17) is 5.41 Å². The Balaban J connectivity index is 1.51. The van der Waals surface area contributed by atoms with Crippen LogP contribution < -0.4 is 0 Å². The Morgan fingerprint density at radius 3 is 2.55 bits per heavy atom. The molecule has 164 valence electrons. The summed E-state index contributed by atoms with van der Waals surface area (Å²) in [6.45, 7) is 6.05. The van der Waals surface area contributed by atoms with Crippen LogP contribution in [0.1, 0.15) is 28.1 Å². The number of benzene rings is 2. The average Bonchev–Trinajstić information content (AvgIpc) is 3.32. The number of amidine groups is 2. The zero-order chi connectivity index (χ0) is 23.3. The monoisotopic (exact) mass is 457 g/mol. The van der Waals surface area contributed by atoms with Gasteiger partial charge in [-0.3, -0.25) is 10.2 Å². The molecule has 2 aromatic carbocycles. The van der Waals surface area contributed by atoms with Crippen LogP contribution in [0.4, 0.5) is 4.39 Å². The number of rotatable bonds is 3. The molecule has 1 amide bonds. The van der Waals surface area contributed by atoms with Crippen molar-refractivity contribution in [2.24, 2.45) is 10.1 Å². The van der Waals surface area contributed by atoms with Gasteiger partial charge in [-0.1, -0.05) is 12.1 Å². The van der Waals surface area contributed by atoms with Crippen molar-refractivity contribution in [2.75, 3.05) is 0 Å². The highest BCUT2D eigenvalue weighted by Crippen LogP contribution is 2.32. The lowest BCUT2D eigenvalue weighted by Gasteiger charge is -2.20. The van der Waals surface area contributed by atoms with Crippen molar-refractivity contribution < 1.29 is 9.18 Å². The van der Waals surface area contributed by atoms with Gasteiger partial charge < -0.3 is 4.57 Å². The number of thioether (sulfide) groups is 1. The fourth-order valence-corrected chi connectivity index (χ4v) is 4.85. The lowest BCUT2D eigenvalue weighted by atomic mass is 10.1. The number of halogens is 1. The lowest BCUT2D eigenvalue weighted by Crippen LogP contribution is -2.35. The Morgan fingerprint density at radius 1 is 1.06 bits per heavy atom. The standard InChI is InChI=1S/C25H20FN5OS/c1-14-5-4-6-20(11-14)30-15(2)12-18(16(30)3)13-21-22(27)31-25(28-23(21)32)33-24(29-31)17-7-9-19(26)10-8-17/h4-13,27H,1-3H3. The Kier molecular flexibility index (Phi) is 5.09. The van der Waals surface area contributed by atoms with Crippen LogP contribution in [0.2, 0.25) is 0 Å². The lowest BCUT2D eigenvalue weighted by molar-refractivity contribution is -0.114. The van der Waals surface area contributed by atoms with Gasteiger partial charge in [0.25, 0.3) is 5.91 Å². The van der Waals surface area contributed by atoms with Gasteiger partial charge in [-0.2, -0.15) is 15.1 Å². The average molecular weight is 458 g/mol. The summed E-state index contributed by atoms with van der Waals surface area (Å²) in [6.07, 6.45) is 1.70. The van der Waals surface area contributed by atoms with Crippen molar-refractivity contribution in [3.8, 4) is 5.69 Å². The van der Waals surface area contributed by atoms with Crippen molar-refractivity contribution >= 4 is 39.8 Å². The summed E-state index contributed by atoms with van der Waals surface area (Å²) in [5.41, 5.74) is 5.91. The van der Waals surface area contributed by atoms with Crippen LogP contribution in [0.5, 0.6) is 0 Å². The van der Waals surface area contributed by atoms with Crippen molar-refractivity contribution in [2.45, 2.75) is 20.8 Å². The van der Waals surface area contributed by atoms with Crippen LogP contribution in [-0.4, -0.2) is 31.5 Å². The van der Waals surface area contributed by atoms with E-state index in [1.54, 1.807) is 18.2 Å². The third kappa shape index (κ3) is 3.72. The molecule has 2 aliphatic heterocycles. The van der Waals surface area contributed by atoms with E-state index in [1.165, 1.54) is 28.9 Å². The number of carbonyl (C=O) groups is 1. The summed E-state index contributed by atoms with van der Waals surface area (Å²) >= 11 is 1.19. The molecule has 0 radical (unpaired) electrons. The van der Waals surface area contributed by atoms with Crippen LogP contribution >= 0.6 is 11.8 Å². The Hall–Kier alpha value is -3.78. The minimum atomic E-state index is -0.477. The Morgan fingerprint density at radius 2 is 1.82 bits per heavy atom. The number of nitrogens with one attached hydrogen (secondary N) is 1. The number of nitrogens with zero attached hydrogens (tertiary/aromatic N) is 4. The Labute approximate surface area is 194 Å². The van der Waals surface area contributed by atoms with Gasteiger partial charge >= 0.3 is 0 Å². The first-order valence-electron chi connectivity index (χ1n) is 10.3. The first kappa shape index (κ1) is 21.1. The highest BCUT2D eigenvalue weighted by molar-refractivity contribution is 8.27. The number of hydrazone groups is 1. The van der Waals surface area contributed by atoms with E-state index in [1.807, 2.05) is 45.0 Å². The van der Waals surface area contributed by atoms with Crippen LogP contribution in [-0.2, 0) is 4.79 Å². The fraction of sp³-hybridized carbons (Fsp3) is 0.120. The van der Waals surface area contributed by atoms with Gasteiger partial charge in [0, 0.05) is 22.6 Å². The van der Waals surface area contributed by atoms with E-state index >= 15 is 0 Å². The molecule has 0 spiro atoms. The summed E-state index contributed by atoms with van der Waals surface area (Å²) in [7, 11) is 0. The molecular formula is C25H20FN5OS. The maximum atomic E-state index is 13.3. The highest BCUT2D eigenvalue weighted by atomic mass is 32.2. The van der Waals surface area contributed by atoms with Gasteiger partial charge in [0.15, 0.2) is 5.84 Å². The first-order valence-corrected chi connectivity index (χ1v) is 11.2. The third-order valence-corrected chi connectivity index (χ3v) is 6.53. The van der Waals surface area contributed by atoms with Gasteiger partial charge in [-0.05, 0) is 92.2 Å². The van der Waals surface area contributed by atoms with E-state index in [-0.39, 0.29) is 17.2 Å². The van der Waals surface area contributed by atoms with Crippen LogP contribution in [0, 0.1) is 32.0 Å². The zero-order valence-electron chi connectivity index (χ0n) is 18.3. The second-order valence-corrected chi connectivity index (χ2v) is 8.89. The van der Waals surface area contributed by atoms with Crippen molar-refractivity contribution in [3.05, 3.63) is 94.1 Å². The molecule has 0 saturated carbocycles. The summed E-state index contributed by atoms with van der Waals surface area (Å²) < 4.78 is 15.4. The predicted octanol–water partition coefficient (Wildman–Crippen LogP) is 5.21. The number of aliphatic imine (C=N–C) groups is 1. The van der Waals surface area contributed by atoms with E-state index < -0.39 is 5.91 Å². The molecule has 0 atom stereocenters. The zero-order valence-corrected chi connectivity index (χ0v) is 19.1. The van der Waals surface area contributed by atoms with Gasteiger partial charge in [0.1, 0.15) is 10.9 Å². The second-order valence-electron chi connectivity index (χ2n) is 7.93. The fourth-order valence-electron chi connectivity index (χ4n) is 3.95. The van der Waals surface area contributed by atoms with E-state index in [9.17, 15) is 9.18 Å². The first-order chi connectivity index (χ1) is 15.8. The minimum absolute atomic E-state index is 0.0324. The molecule has 3 aromatic rings. The summed E-state index contributed by atoms with van der Waals surface area (Å²) in [4.78, 5) is 17.0. The summed E-state index contributed by atoms with van der Waals surface area (Å²) in [6, 6.07) is 16.1. The van der Waals surface area contributed by atoms with Gasteiger partial charge in [-0.15, -0.1) is 0 Å². The number of fused-ring (bicyclic) bond motifs is 1. The quantitative estimate of drug-likeness (QED) is 0.549. The smallest absolute Gasteiger partial charge is 0.283 e. The molecule has 0 unspecified atom stereocenters. The van der Waals surface area contributed by atoms with E-state index in [0.29, 0.717) is 15.8 Å². The summed E-state index contributed by atoms with van der Waals surface area (Å²) in [5.74, 6) is -0.849. The van der Waals surface area contributed by atoms with E-state index in [0.717, 1.165) is 28.2 Å². The molecule has 6 nitrogen and oxygen atoms in total. The number of hydrogen-bond acceptors (Lipinski definition) is 4. The van der Waals surface area contributed by atoms with Crippen LogP contribution in [0.3, 0.4) is 0 Å². The molecule has 3 heterocycles. The second kappa shape index (κ2) is 7.97. The normalized spacial score (nSPS) is 16.8. The van der Waals surface area contributed by atoms with Gasteiger partial charge in [0.05, 0.1) is 5.57 Å². The number of aryl methyl sites for hydroxylation is 2. The van der Waals surface area contributed by atoms with Crippen LogP contribution in [0.25, 0.3) is 11.8 Å². The molecule has 1 N–H and O–H groups in total. The van der Waals surface area contributed by atoms with Crippen LogP contribution in [0.15, 0.2) is 70.3 Å². The molecule has 0 saturated heterocycles. The molecule has 0 fully saturated rings. The van der Waals surface area contributed by atoms with Crippen molar-refractivity contribution in [3.63, 3.8) is 0 Å². The molecule has 33 heavy (non-hydrogen) atoms. The topological polar surface area (TPSA) is 73.8 Å². The number of amides is 1. The van der Waals surface area contributed by atoms with Gasteiger partial charge in [0.2, 0.25) is 5.17 Å². The largest absolute Gasteiger partial charge is 0.318 e. The predicted molar refractivity (Wildman–Crippen MR) is 130 cm³/mol. The number of hydrogen-bond donors (Lipinski definition) is 1. The molecule has 1 aromatic heterocycles. The number of aromatic nitrogens is 1. The SMILES string of the molecule is Cc1cccc(-n2c(C)cc(C=C3C(=N)N4N=C(c5ccc(F)cc5)SC4=NC3=O)c2C)c1. The third-order valence-electron chi connectivity index (χ3n) is 5.58. The molecule has 0 bridgehead atoms. The van der Waals surface area contributed by atoms with Crippen molar-refractivity contribution in [1.29, 1.82) is 5.41 Å². The van der Waals surface area contributed by atoms with Gasteiger partial charge in [-0.25, -0.2) is 4.39 Å². The highest BCUT2D eigenvalue weighted by Gasteiger charge is 2.36. The molecule has 0 aliphatic carbocycles. The Bertz CT molecular complexity index is 1420. The maximum Gasteiger partial charge on any atom is 0.283 e. The number of carbonyl (C=O) groups excluding carboxylic acids is 1. The molecule has 5 rings (SSSR count). The molecule has 8 heteroatoms. The van der Waals surface area contributed by atoms with Crippen molar-refractivity contribution in [1.82, 2.24) is 9.58 Å². The van der Waals surface area contributed by atoms with E-state index in [2.05, 4.69) is 20.7 Å². The minimum Gasteiger partial charge on any atom is -0.318 e.